The Kier molecular flexibility index (Phi) is 7.56. The molecule has 0 radical (unpaired) electrons. The van der Waals surface area contributed by atoms with E-state index in [1.165, 1.54) is 113 Å². The average molecular weight is 766 g/mol. The van der Waals surface area contributed by atoms with Gasteiger partial charge in [0.1, 0.15) is 5.58 Å². The lowest BCUT2D eigenvalue weighted by molar-refractivity contribution is 0.445. The van der Waals surface area contributed by atoms with Gasteiger partial charge in [0.15, 0.2) is 5.58 Å². The minimum atomic E-state index is -0.0901. The quantitative estimate of drug-likeness (QED) is 0.173. The number of furan rings is 1. The van der Waals surface area contributed by atoms with Gasteiger partial charge < -0.3 is 9.32 Å². The second kappa shape index (κ2) is 12.9. The van der Waals surface area contributed by atoms with Crippen molar-refractivity contribution in [2.24, 2.45) is 0 Å². The predicted octanol–water partition coefficient (Wildman–Crippen LogP) is 16.6. The minimum absolute atomic E-state index is 0.0901. The molecule has 0 unspecified atom stereocenters. The molecule has 2 aliphatic rings. The van der Waals surface area contributed by atoms with Gasteiger partial charge in [-0.15, -0.1) is 11.3 Å². The first-order chi connectivity index (χ1) is 28.5. The Bertz CT molecular complexity index is 3260. The van der Waals surface area contributed by atoms with Crippen molar-refractivity contribution in [1.82, 2.24) is 0 Å². The van der Waals surface area contributed by atoms with Crippen molar-refractivity contribution >= 4 is 81.3 Å². The van der Waals surface area contributed by atoms with Gasteiger partial charge in [-0.2, -0.15) is 0 Å². The summed E-state index contributed by atoms with van der Waals surface area (Å²) >= 11 is 1.88. The van der Waals surface area contributed by atoms with Crippen LogP contribution in [0.5, 0.6) is 0 Å². The van der Waals surface area contributed by atoms with E-state index in [0.717, 1.165) is 28.2 Å². The first kappa shape index (κ1) is 33.9. The van der Waals surface area contributed by atoms with Crippen LogP contribution >= 0.6 is 11.3 Å². The lowest BCUT2D eigenvalue weighted by Crippen LogP contribution is -2.16. The van der Waals surface area contributed by atoms with Crippen LogP contribution in [0.2, 0.25) is 0 Å². The van der Waals surface area contributed by atoms with Gasteiger partial charge in [0.05, 0.1) is 11.4 Å². The number of fused-ring (bicyclic) bond motifs is 10. The van der Waals surface area contributed by atoms with Gasteiger partial charge in [0.25, 0.3) is 0 Å². The van der Waals surface area contributed by atoms with E-state index < -0.39 is 0 Å². The van der Waals surface area contributed by atoms with Gasteiger partial charge in [0.2, 0.25) is 0 Å². The van der Waals surface area contributed by atoms with Crippen molar-refractivity contribution in [3.05, 3.63) is 174 Å². The molecular weight excluding hydrogens is 723 g/mol. The highest BCUT2D eigenvalue weighted by Crippen LogP contribution is 2.54. The SMILES string of the molecule is CC1(C)c2ccccc2-c2cc(N(c3c(-c4ccc5c(c4)sc4ccccc45)ccc4ccccc34)c3ccc(C4CCCCC4)c4c3oc3ccccc34)ccc21. The fourth-order valence-electron chi connectivity index (χ4n) is 10.6. The average Bonchev–Trinajstić information content (AvgIpc) is 3.92. The summed E-state index contributed by atoms with van der Waals surface area (Å²) in [4.78, 5) is 2.54. The van der Waals surface area contributed by atoms with Gasteiger partial charge in [-0.3, -0.25) is 0 Å². The van der Waals surface area contributed by atoms with Crippen LogP contribution in [0.3, 0.4) is 0 Å². The molecule has 1 fully saturated rings. The molecule has 0 saturated heterocycles. The van der Waals surface area contributed by atoms with Crippen molar-refractivity contribution in [1.29, 1.82) is 0 Å². The van der Waals surface area contributed by atoms with Crippen LogP contribution in [0.4, 0.5) is 17.1 Å². The number of thiophene rings is 1. The molecule has 8 aromatic carbocycles. The van der Waals surface area contributed by atoms with Gasteiger partial charge >= 0.3 is 0 Å². The third kappa shape index (κ3) is 5.02. The predicted molar refractivity (Wildman–Crippen MR) is 248 cm³/mol. The Morgan fingerprint density at radius 2 is 1.31 bits per heavy atom. The zero-order chi connectivity index (χ0) is 38.5. The maximum Gasteiger partial charge on any atom is 0.159 e. The molecule has 2 aromatic heterocycles. The van der Waals surface area contributed by atoms with Crippen molar-refractivity contribution < 1.29 is 4.42 Å². The van der Waals surface area contributed by atoms with Crippen molar-refractivity contribution in [2.75, 3.05) is 4.90 Å². The van der Waals surface area contributed by atoms with Gasteiger partial charge in [-0.1, -0.05) is 154 Å². The van der Waals surface area contributed by atoms with Crippen LogP contribution in [0.15, 0.2) is 162 Å². The highest BCUT2D eigenvalue weighted by molar-refractivity contribution is 7.25. The number of anilines is 3. The molecular formula is C55H43NOS. The Hall–Kier alpha value is -6.16. The smallest absolute Gasteiger partial charge is 0.159 e. The number of para-hydroxylation sites is 1. The van der Waals surface area contributed by atoms with E-state index in [1.54, 1.807) is 0 Å². The highest BCUT2D eigenvalue weighted by Gasteiger charge is 2.36. The zero-order valence-corrected chi connectivity index (χ0v) is 33.7. The summed E-state index contributed by atoms with van der Waals surface area (Å²) in [6.45, 7) is 4.73. The third-order valence-corrected chi connectivity index (χ3v) is 14.6. The number of hydrogen-bond acceptors (Lipinski definition) is 3. The van der Waals surface area contributed by atoms with E-state index in [1.807, 2.05) is 11.3 Å². The second-order valence-corrected chi connectivity index (χ2v) is 18.1. The molecule has 0 atom stereocenters. The van der Waals surface area contributed by atoms with Crippen LogP contribution in [0.1, 0.15) is 68.6 Å². The Labute approximate surface area is 343 Å². The van der Waals surface area contributed by atoms with E-state index in [9.17, 15) is 0 Å². The molecule has 280 valence electrons. The largest absolute Gasteiger partial charge is 0.454 e. The molecule has 0 spiro atoms. The van der Waals surface area contributed by atoms with Crippen LogP contribution < -0.4 is 4.90 Å². The fourth-order valence-corrected chi connectivity index (χ4v) is 11.8. The van der Waals surface area contributed by atoms with Crippen LogP contribution in [0, 0.1) is 0 Å². The van der Waals surface area contributed by atoms with Crippen molar-refractivity contribution in [3.8, 4) is 22.3 Å². The molecule has 12 rings (SSSR count). The maximum atomic E-state index is 7.13. The monoisotopic (exact) mass is 765 g/mol. The van der Waals surface area contributed by atoms with Crippen LogP contribution in [-0.2, 0) is 5.41 Å². The molecule has 0 N–H and O–H groups in total. The summed E-state index contributed by atoms with van der Waals surface area (Å²) < 4.78 is 9.75. The molecule has 2 nitrogen and oxygen atoms in total. The Balaban J connectivity index is 1.18. The normalized spacial score (nSPS) is 15.1. The summed E-state index contributed by atoms with van der Waals surface area (Å²) in [5.41, 5.74) is 14.4. The Morgan fingerprint density at radius 1 is 0.569 bits per heavy atom. The summed E-state index contributed by atoms with van der Waals surface area (Å²) in [5.74, 6) is 0.527. The highest BCUT2D eigenvalue weighted by atomic mass is 32.1. The summed E-state index contributed by atoms with van der Waals surface area (Å²) in [7, 11) is 0. The number of rotatable bonds is 5. The number of benzene rings is 8. The van der Waals surface area contributed by atoms with Crippen molar-refractivity contribution in [3.63, 3.8) is 0 Å². The van der Waals surface area contributed by atoms with Gasteiger partial charge in [0, 0.05) is 53.0 Å². The maximum absolute atomic E-state index is 7.13. The molecule has 10 aromatic rings. The van der Waals surface area contributed by atoms with Gasteiger partial charge in [-0.25, -0.2) is 0 Å². The molecule has 0 bridgehead atoms. The number of hydrogen-bond donors (Lipinski definition) is 0. The minimum Gasteiger partial charge on any atom is -0.454 e. The topological polar surface area (TPSA) is 16.4 Å². The first-order valence-electron chi connectivity index (χ1n) is 20.9. The lowest BCUT2D eigenvalue weighted by Gasteiger charge is -2.31. The lowest BCUT2D eigenvalue weighted by atomic mass is 9.82. The number of nitrogens with zero attached hydrogens (tertiary/aromatic N) is 1. The van der Waals surface area contributed by atoms with E-state index in [2.05, 4.69) is 176 Å². The molecule has 1 saturated carbocycles. The molecule has 0 aliphatic heterocycles. The second-order valence-electron chi connectivity index (χ2n) is 17.0. The van der Waals surface area contributed by atoms with Crippen LogP contribution in [0.25, 0.3) is 75.1 Å². The first-order valence-corrected chi connectivity index (χ1v) is 21.8. The summed E-state index contributed by atoms with van der Waals surface area (Å²) in [5, 5.41) is 7.52. The summed E-state index contributed by atoms with van der Waals surface area (Å²) in [6.07, 6.45) is 6.35. The molecule has 0 amide bonds. The Morgan fingerprint density at radius 3 is 2.21 bits per heavy atom. The van der Waals surface area contributed by atoms with E-state index in [0.29, 0.717) is 5.92 Å². The summed E-state index contributed by atoms with van der Waals surface area (Å²) in [6, 6.07) is 59.1. The van der Waals surface area contributed by atoms with Crippen LogP contribution in [-0.4, -0.2) is 0 Å². The van der Waals surface area contributed by atoms with E-state index >= 15 is 0 Å². The fraction of sp³-hybridized carbons (Fsp3) is 0.164. The molecule has 3 heteroatoms. The van der Waals surface area contributed by atoms with E-state index in [4.69, 9.17) is 4.42 Å². The molecule has 2 heterocycles. The van der Waals surface area contributed by atoms with E-state index in [-0.39, 0.29) is 5.41 Å². The third-order valence-electron chi connectivity index (χ3n) is 13.5. The van der Waals surface area contributed by atoms with Gasteiger partial charge in [-0.05, 0) is 93.9 Å². The standard InChI is InChI=1S/C55H43NOS/c1-55(2)46-21-11-8-18-41(46)45-33-37(26-30-47(45)55)56(48-31-29-38(34-14-4-3-5-15-34)52-44-20-9-12-22-49(44)57-54(48)52)53-39-17-7-6-16-35(39)24-27-40(53)36-25-28-43-42-19-10-13-23-50(42)58-51(43)32-36/h6-13,16-34H,3-5,14-15H2,1-2H3. The molecule has 2 aliphatic carbocycles. The zero-order valence-electron chi connectivity index (χ0n) is 32.9. The molecule has 58 heavy (non-hydrogen) atoms. The van der Waals surface area contributed by atoms with Crippen molar-refractivity contribution in [2.45, 2.75) is 57.3 Å².